The van der Waals surface area contributed by atoms with Crippen LogP contribution in [-0.2, 0) is 22.6 Å². The van der Waals surface area contributed by atoms with Crippen LogP contribution >= 0.6 is 0 Å². The molecule has 1 aromatic carbocycles. The molecule has 2 fully saturated rings. The Morgan fingerprint density at radius 2 is 1.72 bits per heavy atom. The van der Waals surface area contributed by atoms with Crippen molar-refractivity contribution >= 4 is 5.96 Å². The van der Waals surface area contributed by atoms with Crippen LogP contribution in [-0.4, -0.2) is 80.4 Å². The van der Waals surface area contributed by atoms with Crippen molar-refractivity contribution in [1.29, 1.82) is 0 Å². The van der Waals surface area contributed by atoms with Gasteiger partial charge in [-0.2, -0.15) is 0 Å². The van der Waals surface area contributed by atoms with E-state index in [9.17, 15) is 0 Å². The van der Waals surface area contributed by atoms with Crippen molar-refractivity contribution in [3.8, 4) is 0 Å². The highest BCUT2D eigenvalue weighted by Gasteiger charge is 2.21. The lowest BCUT2D eigenvalue weighted by Crippen LogP contribution is -2.44. The van der Waals surface area contributed by atoms with E-state index in [1.807, 2.05) is 0 Å². The largest absolute Gasteiger partial charge is 0.379 e. The Bertz CT molecular complexity index is 621. The molecule has 0 radical (unpaired) electrons. The zero-order chi connectivity index (χ0) is 20.5. The van der Waals surface area contributed by atoms with Gasteiger partial charge in [0, 0.05) is 39.3 Å². The zero-order valence-corrected chi connectivity index (χ0v) is 18.0. The molecule has 0 saturated carbocycles. The maximum absolute atomic E-state index is 6.01. The van der Waals surface area contributed by atoms with Gasteiger partial charge in [-0.25, -0.2) is 4.99 Å². The summed E-state index contributed by atoms with van der Waals surface area (Å²) in [4.78, 5) is 9.36. The minimum Gasteiger partial charge on any atom is -0.379 e. The molecule has 2 atom stereocenters. The lowest BCUT2D eigenvalue weighted by molar-refractivity contribution is -0.0704. The summed E-state index contributed by atoms with van der Waals surface area (Å²) in [6.45, 7) is 13.5. The van der Waals surface area contributed by atoms with Gasteiger partial charge in [-0.3, -0.25) is 9.80 Å². The van der Waals surface area contributed by atoms with Gasteiger partial charge in [0.25, 0.3) is 0 Å². The molecule has 1 aromatic rings. The summed E-state index contributed by atoms with van der Waals surface area (Å²) >= 11 is 0. The molecule has 7 nitrogen and oxygen atoms in total. The highest BCUT2D eigenvalue weighted by molar-refractivity contribution is 5.77. The number of hydrogen-bond acceptors (Lipinski definition) is 5. The highest BCUT2D eigenvalue weighted by atomic mass is 16.5. The highest BCUT2D eigenvalue weighted by Crippen LogP contribution is 2.15. The quantitative estimate of drug-likeness (QED) is 0.389. The number of morpholine rings is 2. The lowest BCUT2D eigenvalue weighted by atomic mass is 10.1. The number of nitrogens with one attached hydrogen (secondary N) is 1. The van der Waals surface area contributed by atoms with Crippen LogP contribution < -0.4 is 11.1 Å². The Balaban J connectivity index is 1.35. The molecule has 0 amide bonds. The van der Waals surface area contributed by atoms with E-state index in [4.69, 9.17) is 15.2 Å². The number of benzene rings is 1. The van der Waals surface area contributed by atoms with Crippen molar-refractivity contribution in [1.82, 2.24) is 15.1 Å². The lowest BCUT2D eigenvalue weighted by Gasteiger charge is -2.35. The molecule has 2 heterocycles. The number of ether oxygens (including phenoxy) is 2. The van der Waals surface area contributed by atoms with E-state index in [2.05, 4.69) is 58.2 Å². The third-order valence-corrected chi connectivity index (χ3v) is 5.42. The van der Waals surface area contributed by atoms with Crippen molar-refractivity contribution in [3.05, 3.63) is 35.4 Å². The third-order valence-electron chi connectivity index (χ3n) is 5.42. The van der Waals surface area contributed by atoms with E-state index in [1.165, 1.54) is 11.1 Å². The molecule has 162 valence electrons. The van der Waals surface area contributed by atoms with Crippen LogP contribution in [0, 0.1) is 0 Å². The fourth-order valence-corrected chi connectivity index (χ4v) is 4.00. The maximum Gasteiger partial charge on any atom is 0.188 e. The third kappa shape index (κ3) is 7.93. The molecule has 29 heavy (non-hydrogen) atoms. The molecule has 0 spiro atoms. The molecule has 2 unspecified atom stereocenters. The number of guanidine groups is 1. The SMILES string of the molecule is CC1CN(Cc2ccc(CN=C(N)NCCCN3CCOCC3)cc2)CC(C)O1. The van der Waals surface area contributed by atoms with Gasteiger partial charge in [0.1, 0.15) is 0 Å². The molecule has 3 N–H and O–H groups in total. The smallest absolute Gasteiger partial charge is 0.188 e. The fourth-order valence-electron chi connectivity index (χ4n) is 4.00. The Labute approximate surface area is 175 Å². The van der Waals surface area contributed by atoms with Gasteiger partial charge < -0.3 is 20.5 Å². The van der Waals surface area contributed by atoms with E-state index in [1.54, 1.807) is 0 Å². The molecule has 7 heteroatoms. The molecule has 2 saturated heterocycles. The van der Waals surface area contributed by atoms with Crippen LogP contribution in [0.5, 0.6) is 0 Å². The van der Waals surface area contributed by atoms with E-state index in [0.29, 0.717) is 24.7 Å². The average molecular weight is 404 g/mol. The first-order valence-electron chi connectivity index (χ1n) is 10.9. The minimum absolute atomic E-state index is 0.303. The summed E-state index contributed by atoms with van der Waals surface area (Å²) in [5.41, 5.74) is 8.51. The Morgan fingerprint density at radius 3 is 2.41 bits per heavy atom. The summed E-state index contributed by atoms with van der Waals surface area (Å²) in [5, 5.41) is 3.22. The number of hydrogen-bond donors (Lipinski definition) is 2. The van der Waals surface area contributed by atoms with Gasteiger partial charge in [0.15, 0.2) is 5.96 Å². The molecular formula is C22H37N5O2. The monoisotopic (exact) mass is 403 g/mol. The van der Waals surface area contributed by atoms with Crippen molar-refractivity contribution in [3.63, 3.8) is 0 Å². The molecule has 0 aromatic heterocycles. The van der Waals surface area contributed by atoms with Crippen LogP contribution in [0.4, 0.5) is 0 Å². The topological polar surface area (TPSA) is 75.4 Å². The van der Waals surface area contributed by atoms with Crippen molar-refractivity contribution in [2.45, 2.75) is 45.6 Å². The predicted molar refractivity (Wildman–Crippen MR) is 117 cm³/mol. The predicted octanol–water partition coefficient (Wildman–Crippen LogP) is 1.42. The Kier molecular flexibility index (Phi) is 8.73. The van der Waals surface area contributed by atoms with Crippen LogP contribution in [0.2, 0.25) is 0 Å². The number of nitrogens with zero attached hydrogens (tertiary/aromatic N) is 3. The minimum atomic E-state index is 0.303. The van der Waals surface area contributed by atoms with E-state index >= 15 is 0 Å². The van der Waals surface area contributed by atoms with E-state index < -0.39 is 0 Å². The molecule has 0 aliphatic carbocycles. The van der Waals surface area contributed by atoms with Gasteiger partial charge in [-0.1, -0.05) is 24.3 Å². The fraction of sp³-hybridized carbons (Fsp3) is 0.682. The Hall–Kier alpha value is -1.67. The Morgan fingerprint density at radius 1 is 1.07 bits per heavy atom. The second kappa shape index (κ2) is 11.5. The number of rotatable bonds is 8. The van der Waals surface area contributed by atoms with Gasteiger partial charge >= 0.3 is 0 Å². The van der Waals surface area contributed by atoms with Gasteiger partial charge in [-0.05, 0) is 37.9 Å². The van der Waals surface area contributed by atoms with Crippen molar-refractivity contribution in [2.24, 2.45) is 10.7 Å². The standard InChI is InChI=1S/C22H37N5O2/c1-18-15-27(16-19(2)29-18)17-21-6-4-20(5-7-21)14-25-22(23)24-8-3-9-26-10-12-28-13-11-26/h4-7,18-19H,3,8-17H2,1-2H3,(H3,23,24,25). The zero-order valence-electron chi connectivity index (χ0n) is 18.0. The van der Waals surface area contributed by atoms with Gasteiger partial charge in [0.2, 0.25) is 0 Å². The maximum atomic E-state index is 6.01. The number of nitrogens with two attached hydrogens (primary N) is 1. The molecule has 0 bridgehead atoms. The van der Waals surface area contributed by atoms with Gasteiger partial charge in [-0.15, -0.1) is 0 Å². The summed E-state index contributed by atoms with van der Waals surface area (Å²) in [5.74, 6) is 0.521. The summed E-state index contributed by atoms with van der Waals surface area (Å²) in [7, 11) is 0. The molecule has 2 aliphatic rings. The first-order chi connectivity index (χ1) is 14.1. The first-order valence-corrected chi connectivity index (χ1v) is 10.9. The van der Waals surface area contributed by atoms with E-state index in [0.717, 1.165) is 65.4 Å². The van der Waals surface area contributed by atoms with Crippen LogP contribution in [0.1, 0.15) is 31.4 Å². The van der Waals surface area contributed by atoms with Crippen LogP contribution in [0.15, 0.2) is 29.3 Å². The summed E-state index contributed by atoms with van der Waals surface area (Å²) in [6.07, 6.45) is 1.66. The molecule has 2 aliphatic heterocycles. The summed E-state index contributed by atoms with van der Waals surface area (Å²) in [6, 6.07) is 8.69. The number of aliphatic imine (C=N–C) groups is 1. The van der Waals surface area contributed by atoms with Crippen LogP contribution in [0.25, 0.3) is 0 Å². The second-order valence-corrected chi connectivity index (χ2v) is 8.20. The van der Waals surface area contributed by atoms with E-state index in [-0.39, 0.29) is 0 Å². The summed E-state index contributed by atoms with van der Waals surface area (Å²) < 4.78 is 11.2. The second-order valence-electron chi connectivity index (χ2n) is 8.20. The molecule has 3 rings (SSSR count). The molecular weight excluding hydrogens is 366 g/mol. The van der Waals surface area contributed by atoms with Crippen molar-refractivity contribution in [2.75, 3.05) is 52.5 Å². The van der Waals surface area contributed by atoms with Crippen molar-refractivity contribution < 1.29 is 9.47 Å². The van der Waals surface area contributed by atoms with Crippen LogP contribution in [0.3, 0.4) is 0 Å². The average Bonchev–Trinajstić information content (AvgIpc) is 2.71. The normalized spacial score (nSPS) is 24.6. The van der Waals surface area contributed by atoms with Gasteiger partial charge in [0.05, 0.1) is 32.0 Å². The first kappa shape index (κ1) is 22.0.